The zero-order valence-electron chi connectivity index (χ0n) is 12.7. The van der Waals surface area contributed by atoms with E-state index in [1.54, 1.807) is 0 Å². The minimum atomic E-state index is 0. The zero-order valence-corrected chi connectivity index (χ0v) is 13.5. The van der Waals surface area contributed by atoms with Crippen LogP contribution in [-0.4, -0.2) is 30.4 Å². The Morgan fingerprint density at radius 2 is 1.95 bits per heavy atom. The van der Waals surface area contributed by atoms with Crippen LogP contribution in [0.25, 0.3) is 0 Å². The lowest BCUT2D eigenvalue weighted by molar-refractivity contribution is -0.138. The van der Waals surface area contributed by atoms with E-state index in [0.29, 0.717) is 5.91 Å². The van der Waals surface area contributed by atoms with E-state index in [4.69, 9.17) is 0 Å². The summed E-state index contributed by atoms with van der Waals surface area (Å²) >= 11 is 0. The Balaban J connectivity index is 0.00000161. The molecule has 3 rings (SSSR count). The number of aryl methyl sites for hydroxylation is 1. The molecule has 0 aliphatic carbocycles. The van der Waals surface area contributed by atoms with Gasteiger partial charge in [-0.25, -0.2) is 0 Å². The van der Waals surface area contributed by atoms with E-state index in [0.717, 1.165) is 38.9 Å². The average Bonchev–Trinajstić information content (AvgIpc) is 3.02. The number of nitrogens with zero attached hydrogens (tertiary/aromatic N) is 1. The quantitative estimate of drug-likeness (QED) is 0.910. The number of carbonyl (C=O) groups excluding carboxylic acids is 1. The van der Waals surface area contributed by atoms with Gasteiger partial charge in [-0.05, 0) is 44.7 Å². The summed E-state index contributed by atoms with van der Waals surface area (Å²) in [6.07, 6.45) is 4.48. The molecule has 1 N–H and O–H groups in total. The summed E-state index contributed by atoms with van der Waals surface area (Å²) in [7, 11) is 0. The highest BCUT2D eigenvalue weighted by molar-refractivity contribution is 5.85. The van der Waals surface area contributed by atoms with Crippen molar-refractivity contribution in [3.05, 3.63) is 35.4 Å². The molecule has 2 atom stereocenters. The maximum Gasteiger partial charge on any atom is 0.227 e. The molecule has 0 bridgehead atoms. The molecular formula is C17H25ClN2O. The molecule has 21 heavy (non-hydrogen) atoms. The number of carbonyl (C=O) groups is 1. The highest BCUT2D eigenvalue weighted by Gasteiger charge is 2.33. The van der Waals surface area contributed by atoms with Crippen molar-refractivity contribution in [2.45, 2.75) is 38.6 Å². The maximum absolute atomic E-state index is 12.7. The van der Waals surface area contributed by atoms with Crippen LogP contribution in [0.2, 0.25) is 0 Å². The number of hydrogen-bond donors (Lipinski definition) is 1. The van der Waals surface area contributed by atoms with Gasteiger partial charge >= 0.3 is 0 Å². The smallest absolute Gasteiger partial charge is 0.227 e. The monoisotopic (exact) mass is 308 g/mol. The van der Waals surface area contributed by atoms with Gasteiger partial charge in [0.2, 0.25) is 5.91 Å². The van der Waals surface area contributed by atoms with Crippen LogP contribution in [0.3, 0.4) is 0 Å². The van der Waals surface area contributed by atoms with Crippen LogP contribution in [0.1, 0.15) is 42.9 Å². The normalized spacial score (nSPS) is 25.5. The van der Waals surface area contributed by atoms with Crippen molar-refractivity contribution in [2.24, 2.45) is 5.92 Å². The largest absolute Gasteiger partial charge is 0.335 e. The second-order valence-electron chi connectivity index (χ2n) is 6.14. The van der Waals surface area contributed by atoms with Crippen molar-refractivity contribution in [3.63, 3.8) is 0 Å². The van der Waals surface area contributed by atoms with Crippen molar-refractivity contribution in [1.29, 1.82) is 0 Å². The third kappa shape index (κ3) is 3.58. The lowest BCUT2D eigenvalue weighted by Gasteiger charge is -2.37. The van der Waals surface area contributed by atoms with Gasteiger partial charge in [0.1, 0.15) is 0 Å². The SMILES string of the molecule is Cc1ccc(C2CCCCN2C(=O)C2CCNC2)cc1.Cl. The number of piperidine rings is 1. The minimum Gasteiger partial charge on any atom is -0.335 e. The molecule has 2 fully saturated rings. The Morgan fingerprint density at radius 3 is 2.62 bits per heavy atom. The van der Waals surface area contributed by atoms with Crippen LogP contribution < -0.4 is 5.32 Å². The van der Waals surface area contributed by atoms with E-state index in [1.165, 1.54) is 17.5 Å². The second kappa shape index (κ2) is 7.28. The fourth-order valence-electron chi connectivity index (χ4n) is 3.43. The Bertz CT molecular complexity index is 468. The zero-order chi connectivity index (χ0) is 13.9. The Labute approximate surface area is 133 Å². The molecule has 0 radical (unpaired) electrons. The second-order valence-corrected chi connectivity index (χ2v) is 6.14. The number of likely N-dealkylation sites (tertiary alicyclic amines) is 1. The number of halogens is 1. The number of amides is 1. The van der Waals surface area contributed by atoms with Crippen LogP contribution in [0.15, 0.2) is 24.3 Å². The van der Waals surface area contributed by atoms with Gasteiger partial charge in [0.25, 0.3) is 0 Å². The molecular weight excluding hydrogens is 284 g/mol. The van der Waals surface area contributed by atoms with E-state index in [2.05, 4.69) is 41.4 Å². The first-order chi connectivity index (χ1) is 9.75. The Morgan fingerprint density at radius 1 is 1.19 bits per heavy atom. The van der Waals surface area contributed by atoms with Gasteiger partial charge in [0.15, 0.2) is 0 Å². The van der Waals surface area contributed by atoms with Gasteiger partial charge in [0, 0.05) is 13.1 Å². The number of nitrogens with one attached hydrogen (secondary N) is 1. The first-order valence-corrected chi connectivity index (χ1v) is 7.83. The first kappa shape index (κ1) is 16.3. The van der Waals surface area contributed by atoms with Gasteiger partial charge in [0.05, 0.1) is 12.0 Å². The van der Waals surface area contributed by atoms with Gasteiger partial charge in [-0.15, -0.1) is 12.4 Å². The third-order valence-electron chi connectivity index (χ3n) is 4.66. The number of benzene rings is 1. The predicted octanol–water partition coefficient (Wildman–Crippen LogP) is 3.08. The standard InChI is InChI=1S/C17H24N2O.ClH/c1-13-5-7-14(8-6-13)16-4-2-3-11-19(16)17(20)15-9-10-18-12-15;/h5-8,15-16,18H,2-4,9-12H2,1H3;1H. The molecule has 4 heteroatoms. The third-order valence-corrected chi connectivity index (χ3v) is 4.66. The summed E-state index contributed by atoms with van der Waals surface area (Å²) in [6, 6.07) is 8.99. The van der Waals surface area contributed by atoms with Gasteiger partial charge < -0.3 is 10.2 Å². The highest BCUT2D eigenvalue weighted by Crippen LogP contribution is 2.32. The van der Waals surface area contributed by atoms with E-state index >= 15 is 0 Å². The Hall–Kier alpha value is -1.06. The van der Waals surface area contributed by atoms with E-state index in [1.807, 2.05) is 0 Å². The van der Waals surface area contributed by atoms with Crippen molar-refractivity contribution < 1.29 is 4.79 Å². The summed E-state index contributed by atoms with van der Waals surface area (Å²) in [4.78, 5) is 14.9. The molecule has 2 heterocycles. The fourth-order valence-corrected chi connectivity index (χ4v) is 3.43. The summed E-state index contributed by atoms with van der Waals surface area (Å²) < 4.78 is 0. The van der Waals surface area contributed by atoms with Crippen LogP contribution in [0, 0.1) is 12.8 Å². The molecule has 0 aromatic heterocycles. The van der Waals surface area contributed by atoms with Crippen LogP contribution >= 0.6 is 12.4 Å². The lowest BCUT2D eigenvalue weighted by atomic mass is 9.93. The molecule has 2 saturated heterocycles. The van der Waals surface area contributed by atoms with Crippen LogP contribution in [0.4, 0.5) is 0 Å². The minimum absolute atomic E-state index is 0. The molecule has 1 amide bonds. The van der Waals surface area contributed by atoms with E-state index < -0.39 is 0 Å². The van der Waals surface area contributed by atoms with Crippen LogP contribution in [-0.2, 0) is 4.79 Å². The summed E-state index contributed by atoms with van der Waals surface area (Å²) in [5, 5.41) is 3.31. The molecule has 2 aliphatic rings. The van der Waals surface area contributed by atoms with Crippen LogP contribution in [0.5, 0.6) is 0 Å². The van der Waals surface area contributed by atoms with Gasteiger partial charge in [-0.2, -0.15) is 0 Å². The Kier molecular flexibility index (Phi) is 5.65. The summed E-state index contributed by atoms with van der Waals surface area (Å²) in [5.41, 5.74) is 2.58. The molecule has 2 aliphatic heterocycles. The molecule has 2 unspecified atom stereocenters. The number of rotatable bonds is 2. The fraction of sp³-hybridized carbons (Fsp3) is 0.588. The average molecular weight is 309 g/mol. The molecule has 0 spiro atoms. The highest BCUT2D eigenvalue weighted by atomic mass is 35.5. The molecule has 116 valence electrons. The molecule has 0 saturated carbocycles. The number of hydrogen-bond acceptors (Lipinski definition) is 2. The van der Waals surface area contributed by atoms with E-state index in [9.17, 15) is 4.79 Å². The van der Waals surface area contributed by atoms with Crippen molar-refractivity contribution >= 4 is 18.3 Å². The maximum atomic E-state index is 12.7. The molecule has 1 aromatic carbocycles. The summed E-state index contributed by atoms with van der Waals surface area (Å²) in [5.74, 6) is 0.557. The first-order valence-electron chi connectivity index (χ1n) is 7.83. The van der Waals surface area contributed by atoms with Crippen molar-refractivity contribution in [2.75, 3.05) is 19.6 Å². The van der Waals surface area contributed by atoms with Crippen molar-refractivity contribution in [3.8, 4) is 0 Å². The summed E-state index contributed by atoms with van der Waals surface area (Å²) in [6.45, 7) is 4.88. The molecule has 1 aromatic rings. The molecule has 3 nitrogen and oxygen atoms in total. The predicted molar refractivity (Wildman–Crippen MR) is 87.7 cm³/mol. The lowest BCUT2D eigenvalue weighted by Crippen LogP contribution is -2.42. The van der Waals surface area contributed by atoms with Crippen molar-refractivity contribution in [1.82, 2.24) is 10.2 Å². The van der Waals surface area contributed by atoms with E-state index in [-0.39, 0.29) is 24.4 Å². The topological polar surface area (TPSA) is 32.3 Å². The van der Waals surface area contributed by atoms with Gasteiger partial charge in [-0.1, -0.05) is 29.8 Å². The van der Waals surface area contributed by atoms with Gasteiger partial charge in [-0.3, -0.25) is 4.79 Å².